The maximum Gasteiger partial charge on any atom is 0.273 e. The van der Waals surface area contributed by atoms with E-state index in [0.29, 0.717) is 10.9 Å². The Labute approximate surface area is 84.2 Å². The molecule has 0 atom stereocenters. The molecule has 2 heterocycles. The summed E-state index contributed by atoms with van der Waals surface area (Å²) in [7, 11) is 1.57. The van der Waals surface area contributed by atoms with E-state index in [1.165, 1.54) is 23.5 Å². The third-order valence-corrected chi connectivity index (χ3v) is 2.51. The second kappa shape index (κ2) is 3.63. The van der Waals surface area contributed by atoms with Crippen molar-refractivity contribution in [2.45, 2.75) is 0 Å². The minimum atomic E-state index is -0.0364. The number of aromatic amines is 1. The van der Waals surface area contributed by atoms with Gasteiger partial charge in [0.05, 0.1) is 12.8 Å². The van der Waals surface area contributed by atoms with E-state index in [0.717, 1.165) is 5.69 Å². The number of ether oxygens (including phenoxy) is 1. The molecule has 0 aliphatic rings. The Kier molecular flexibility index (Phi) is 2.32. The van der Waals surface area contributed by atoms with Crippen LogP contribution in [0.25, 0.3) is 11.4 Å². The van der Waals surface area contributed by atoms with Crippen LogP contribution < -0.4 is 10.2 Å². The third-order valence-electron chi connectivity index (χ3n) is 1.71. The number of rotatable bonds is 2. The topological polar surface area (TPSA) is 55.0 Å². The summed E-state index contributed by atoms with van der Waals surface area (Å²) in [4.78, 5) is 18.2. The summed E-state index contributed by atoms with van der Waals surface area (Å²) in [5.41, 5.74) is 1.40. The van der Waals surface area contributed by atoms with Crippen LogP contribution in [-0.2, 0) is 0 Å². The maximum absolute atomic E-state index is 11.1. The fourth-order valence-electron chi connectivity index (χ4n) is 1.07. The quantitative estimate of drug-likeness (QED) is 0.813. The average molecular weight is 208 g/mol. The Balaban J connectivity index is 2.44. The summed E-state index contributed by atoms with van der Waals surface area (Å²) in [6.45, 7) is 0. The first-order chi connectivity index (χ1) is 6.79. The molecule has 0 aliphatic carbocycles. The number of methoxy groups -OCH3 is 1. The van der Waals surface area contributed by atoms with Gasteiger partial charge in [0.1, 0.15) is 5.69 Å². The van der Waals surface area contributed by atoms with Crippen molar-refractivity contribution in [2.24, 2.45) is 0 Å². The molecule has 0 aliphatic heterocycles. The van der Waals surface area contributed by atoms with Crippen molar-refractivity contribution in [3.05, 3.63) is 33.9 Å². The monoisotopic (exact) mass is 208 g/mol. The minimum Gasteiger partial charge on any atom is -0.473 e. The Morgan fingerprint density at radius 3 is 3.07 bits per heavy atom. The smallest absolute Gasteiger partial charge is 0.273 e. The summed E-state index contributed by atoms with van der Waals surface area (Å²) in [5, 5.41) is 2.43. The van der Waals surface area contributed by atoms with Crippen LogP contribution in [0.4, 0.5) is 0 Å². The molecule has 5 heteroatoms. The molecule has 1 N–H and O–H groups in total. The van der Waals surface area contributed by atoms with Gasteiger partial charge in [-0.3, -0.25) is 4.79 Å². The predicted octanol–water partition coefficient (Wildman–Crippen LogP) is 1.51. The lowest BCUT2D eigenvalue weighted by atomic mass is 10.3. The Morgan fingerprint density at radius 1 is 1.57 bits per heavy atom. The van der Waals surface area contributed by atoms with Crippen molar-refractivity contribution in [3.63, 3.8) is 0 Å². The van der Waals surface area contributed by atoms with E-state index in [-0.39, 0.29) is 5.43 Å². The van der Waals surface area contributed by atoms with Crippen LogP contribution >= 0.6 is 11.3 Å². The molecule has 0 saturated heterocycles. The summed E-state index contributed by atoms with van der Waals surface area (Å²) in [6.07, 6.45) is 1.60. The molecule has 0 radical (unpaired) electrons. The second-order valence-electron chi connectivity index (χ2n) is 2.64. The van der Waals surface area contributed by atoms with E-state index in [1.54, 1.807) is 13.3 Å². The molecule has 2 aromatic heterocycles. The minimum absolute atomic E-state index is 0.0364. The molecular formula is C9H8N2O2S. The molecule has 0 fully saturated rings. The SMILES string of the molecule is COc1nc(-c2cc(=O)cc[nH]2)cs1. The molecular weight excluding hydrogens is 200 g/mol. The fraction of sp³-hybridized carbons (Fsp3) is 0.111. The van der Waals surface area contributed by atoms with Gasteiger partial charge in [0.2, 0.25) is 0 Å². The van der Waals surface area contributed by atoms with Gasteiger partial charge in [-0.25, -0.2) is 4.98 Å². The van der Waals surface area contributed by atoms with Crippen LogP contribution in [-0.4, -0.2) is 17.1 Å². The summed E-state index contributed by atoms with van der Waals surface area (Å²) >= 11 is 1.39. The van der Waals surface area contributed by atoms with Crippen LogP contribution in [0.2, 0.25) is 0 Å². The largest absolute Gasteiger partial charge is 0.473 e. The molecule has 14 heavy (non-hydrogen) atoms. The highest BCUT2D eigenvalue weighted by atomic mass is 32.1. The lowest BCUT2D eigenvalue weighted by Crippen LogP contribution is -1.97. The number of aromatic nitrogens is 2. The first-order valence-corrected chi connectivity index (χ1v) is 4.86. The molecule has 4 nitrogen and oxygen atoms in total. The predicted molar refractivity (Wildman–Crippen MR) is 54.7 cm³/mol. The third kappa shape index (κ3) is 1.67. The van der Waals surface area contributed by atoms with Crippen molar-refractivity contribution >= 4 is 11.3 Å². The summed E-state index contributed by atoms with van der Waals surface area (Å²) < 4.78 is 4.96. The molecule has 0 unspecified atom stereocenters. The number of hydrogen-bond acceptors (Lipinski definition) is 4. The van der Waals surface area contributed by atoms with Crippen molar-refractivity contribution in [3.8, 4) is 16.6 Å². The molecule has 0 bridgehead atoms. The van der Waals surface area contributed by atoms with Crippen LogP contribution in [0, 0.1) is 0 Å². The van der Waals surface area contributed by atoms with E-state index >= 15 is 0 Å². The van der Waals surface area contributed by atoms with Crippen molar-refractivity contribution < 1.29 is 4.74 Å². The van der Waals surface area contributed by atoms with Gasteiger partial charge in [0.15, 0.2) is 5.43 Å². The van der Waals surface area contributed by atoms with E-state index in [2.05, 4.69) is 9.97 Å². The first kappa shape index (κ1) is 8.96. The van der Waals surface area contributed by atoms with Gasteiger partial charge in [0.25, 0.3) is 5.19 Å². The van der Waals surface area contributed by atoms with Gasteiger partial charge in [0, 0.05) is 23.7 Å². The molecule has 2 aromatic rings. The lowest BCUT2D eigenvalue weighted by Gasteiger charge is -1.94. The lowest BCUT2D eigenvalue weighted by molar-refractivity contribution is 0.412. The van der Waals surface area contributed by atoms with E-state index in [1.807, 2.05) is 5.38 Å². The zero-order chi connectivity index (χ0) is 9.97. The zero-order valence-electron chi connectivity index (χ0n) is 7.48. The second-order valence-corrected chi connectivity index (χ2v) is 3.46. The van der Waals surface area contributed by atoms with E-state index < -0.39 is 0 Å². The number of hydrogen-bond donors (Lipinski definition) is 1. The van der Waals surface area contributed by atoms with Crippen molar-refractivity contribution in [2.75, 3.05) is 7.11 Å². The molecule has 0 amide bonds. The fourth-order valence-corrected chi connectivity index (χ4v) is 1.71. The van der Waals surface area contributed by atoms with E-state index in [4.69, 9.17) is 4.74 Å². The van der Waals surface area contributed by atoms with E-state index in [9.17, 15) is 4.79 Å². The molecule has 0 aromatic carbocycles. The maximum atomic E-state index is 11.1. The standard InChI is InChI=1S/C9H8N2O2S/c1-13-9-11-8(5-14-9)7-4-6(12)2-3-10-7/h2-5H,1H3,(H,10,12). The van der Waals surface area contributed by atoms with Crippen LogP contribution in [0.3, 0.4) is 0 Å². The molecule has 2 rings (SSSR count). The number of nitrogens with zero attached hydrogens (tertiary/aromatic N) is 1. The van der Waals surface area contributed by atoms with Crippen LogP contribution in [0.5, 0.6) is 5.19 Å². The van der Waals surface area contributed by atoms with Crippen molar-refractivity contribution in [1.82, 2.24) is 9.97 Å². The normalized spacial score (nSPS) is 10.1. The highest BCUT2D eigenvalue weighted by Crippen LogP contribution is 2.23. The van der Waals surface area contributed by atoms with Crippen molar-refractivity contribution in [1.29, 1.82) is 0 Å². The van der Waals surface area contributed by atoms with Gasteiger partial charge >= 0.3 is 0 Å². The van der Waals surface area contributed by atoms with Gasteiger partial charge < -0.3 is 9.72 Å². The molecule has 72 valence electrons. The molecule has 0 saturated carbocycles. The van der Waals surface area contributed by atoms with Gasteiger partial charge in [-0.05, 0) is 0 Å². The van der Waals surface area contributed by atoms with Gasteiger partial charge in [-0.1, -0.05) is 11.3 Å². The first-order valence-electron chi connectivity index (χ1n) is 3.98. The average Bonchev–Trinajstić information content (AvgIpc) is 2.66. The van der Waals surface area contributed by atoms with Gasteiger partial charge in [-0.15, -0.1) is 0 Å². The van der Waals surface area contributed by atoms with Gasteiger partial charge in [-0.2, -0.15) is 0 Å². The zero-order valence-corrected chi connectivity index (χ0v) is 8.30. The summed E-state index contributed by atoms with van der Waals surface area (Å²) in [6, 6.07) is 2.97. The van der Waals surface area contributed by atoms with Crippen LogP contribution in [0.15, 0.2) is 28.5 Å². The molecule has 0 spiro atoms. The Morgan fingerprint density at radius 2 is 2.43 bits per heavy atom. The number of H-pyrrole nitrogens is 1. The summed E-state index contributed by atoms with van der Waals surface area (Å²) in [5.74, 6) is 0. The number of nitrogens with one attached hydrogen (secondary N) is 1. The van der Waals surface area contributed by atoms with Crippen LogP contribution in [0.1, 0.15) is 0 Å². The Hall–Kier alpha value is -1.62. The highest BCUT2D eigenvalue weighted by molar-refractivity contribution is 7.11. The Bertz CT molecular complexity index is 489. The number of pyridine rings is 1. The number of thiazole rings is 1. The highest BCUT2D eigenvalue weighted by Gasteiger charge is 2.04.